The van der Waals surface area contributed by atoms with Gasteiger partial charge in [-0.15, -0.1) is 11.8 Å². The molecule has 2 heterocycles. The number of carbonyl (C=O) groups excluding carboxylic acids is 4. The van der Waals surface area contributed by atoms with Crippen LogP contribution in [-0.2, 0) is 20.8 Å². The van der Waals surface area contributed by atoms with E-state index in [-0.39, 0.29) is 18.5 Å². The summed E-state index contributed by atoms with van der Waals surface area (Å²) in [5.74, 6) is 0.0255. The molecule has 1 aromatic carbocycles. The summed E-state index contributed by atoms with van der Waals surface area (Å²) in [6, 6.07) is 4.31. The molecule has 3 unspecified atom stereocenters. The van der Waals surface area contributed by atoms with Gasteiger partial charge >= 0.3 is 6.03 Å². The second-order valence-electron chi connectivity index (χ2n) is 8.38. The molecule has 5 amide bonds. The quantitative estimate of drug-likeness (QED) is 0.469. The van der Waals surface area contributed by atoms with Crippen molar-refractivity contribution in [1.29, 1.82) is 0 Å². The van der Waals surface area contributed by atoms with Gasteiger partial charge in [0, 0.05) is 12.6 Å². The van der Waals surface area contributed by atoms with E-state index in [1.807, 2.05) is 26.0 Å². The number of rotatable bonds is 11. The van der Waals surface area contributed by atoms with E-state index in [1.54, 1.807) is 31.8 Å². The molecule has 1 fully saturated rings. The van der Waals surface area contributed by atoms with E-state index < -0.39 is 35.7 Å². The molecule has 1 aromatic rings. The highest BCUT2D eigenvalue weighted by Gasteiger charge is 2.48. The van der Waals surface area contributed by atoms with Gasteiger partial charge in [0.25, 0.3) is 0 Å². The number of methoxy groups -OCH3 is 2. The Hall–Kier alpha value is -3.21. The van der Waals surface area contributed by atoms with Crippen LogP contribution < -0.4 is 20.1 Å². The van der Waals surface area contributed by atoms with Crippen molar-refractivity contribution in [3.63, 3.8) is 0 Å². The van der Waals surface area contributed by atoms with Crippen LogP contribution >= 0.6 is 11.8 Å². The van der Waals surface area contributed by atoms with Crippen molar-refractivity contribution in [2.45, 2.75) is 44.0 Å². The van der Waals surface area contributed by atoms with Crippen LogP contribution in [0.15, 0.2) is 29.7 Å². The first kappa shape index (κ1) is 26.4. The fourth-order valence-electron chi connectivity index (χ4n) is 3.87. The van der Waals surface area contributed by atoms with Crippen LogP contribution in [0.1, 0.15) is 25.8 Å². The van der Waals surface area contributed by atoms with Gasteiger partial charge in [0.15, 0.2) is 11.5 Å². The normalized spacial score (nSPS) is 19.9. The number of benzene rings is 1. The van der Waals surface area contributed by atoms with Gasteiger partial charge in [0.1, 0.15) is 18.3 Å². The highest BCUT2D eigenvalue weighted by molar-refractivity contribution is 8.03. The first-order valence-corrected chi connectivity index (χ1v) is 12.4. The molecule has 3 atom stereocenters. The number of ether oxygens (including phenoxy) is 2. The smallest absolute Gasteiger partial charge is 0.328 e. The lowest BCUT2D eigenvalue weighted by molar-refractivity contribution is -0.136. The molecule has 0 aliphatic carbocycles. The first-order valence-electron chi connectivity index (χ1n) is 11.5. The fourth-order valence-corrected chi connectivity index (χ4v) is 4.93. The molecule has 1 saturated heterocycles. The van der Waals surface area contributed by atoms with Crippen molar-refractivity contribution in [3.05, 3.63) is 35.2 Å². The van der Waals surface area contributed by atoms with Crippen LogP contribution in [0.4, 0.5) is 4.79 Å². The minimum atomic E-state index is -0.641. The second-order valence-corrected chi connectivity index (χ2v) is 9.43. The minimum Gasteiger partial charge on any atom is -0.493 e. The molecule has 2 aliphatic rings. The zero-order valence-corrected chi connectivity index (χ0v) is 21.2. The molecule has 190 valence electrons. The predicted octanol–water partition coefficient (Wildman–Crippen LogP) is 1.54. The van der Waals surface area contributed by atoms with Gasteiger partial charge in [-0.25, -0.2) is 4.79 Å². The molecule has 0 spiro atoms. The summed E-state index contributed by atoms with van der Waals surface area (Å²) in [7, 11) is 3.11. The number of thioether (sulfide) groups is 1. The zero-order valence-electron chi connectivity index (χ0n) is 20.4. The maximum atomic E-state index is 13.1. The lowest BCUT2D eigenvalue weighted by Crippen LogP contribution is -2.64. The molecule has 11 heteroatoms. The lowest BCUT2D eigenvalue weighted by atomic mass is 10.1. The topological polar surface area (TPSA) is 117 Å². The Morgan fingerprint density at radius 3 is 2.54 bits per heavy atom. The third-order valence-electron chi connectivity index (χ3n) is 5.98. The van der Waals surface area contributed by atoms with Crippen molar-refractivity contribution in [2.75, 3.05) is 33.9 Å². The maximum Gasteiger partial charge on any atom is 0.328 e. The third kappa shape index (κ3) is 6.27. The fraction of sp³-hybridized carbons (Fsp3) is 0.500. The Morgan fingerprint density at radius 1 is 1.11 bits per heavy atom. The van der Waals surface area contributed by atoms with E-state index in [4.69, 9.17) is 9.47 Å². The molecule has 0 aromatic heterocycles. The third-order valence-corrected chi connectivity index (χ3v) is 7.06. The highest BCUT2D eigenvalue weighted by Crippen LogP contribution is 2.34. The highest BCUT2D eigenvalue weighted by atomic mass is 32.2. The number of nitrogens with one attached hydrogen (secondary N) is 2. The van der Waals surface area contributed by atoms with Crippen molar-refractivity contribution >= 4 is 35.5 Å². The summed E-state index contributed by atoms with van der Waals surface area (Å²) >= 11 is 1.29. The van der Waals surface area contributed by atoms with Crippen molar-refractivity contribution in [1.82, 2.24) is 20.4 Å². The summed E-state index contributed by atoms with van der Waals surface area (Å²) in [5, 5.41) is 6.79. The summed E-state index contributed by atoms with van der Waals surface area (Å²) in [4.78, 5) is 53.4. The predicted molar refractivity (Wildman–Crippen MR) is 132 cm³/mol. The van der Waals surface area contributed by atoms with Crippen LogP contribution in [-0.4, -0.2) is 84.7 Å². The Balaban J connectivity index is 1.59. The Bertz CT molecular complexity index is 1000. The van der Waals surface area contributed by atoms with E-state index in [1.165, 1.54) is 16.7 Å². The number of carbonyl (C=O) groups is 4. The number of hydrogen-bond donors (Lipinski definition) is 2. The van der Waals surface area contributed by atoms with Crippen LogP contribution in [0.3, 0.4) is 0 Å². The van der Waals surface area contributed by atoms with E-state index in [0.717, 1.165) is 16.9 Å². The number of nitrogens with zero attached hydrogens (tertiary/aromatic N) is 2. The van der Waals surface area contributed by atoms with Crippen molar-refractivity contribution < 1.29 is 28.7 Å². The summed E-state index contributed by atoms with van der Waals surface area (Å²) in [6.07, 6.45) is 3.04. The summed E-state index contributed by atoms with van der Waals surface area (Å²) in [6.45, 7) is 3.56. The van der Waals surface area contributed by atoms with Crippen molar-refractivity contribution in [2.24, 2.45) is 0 Å². The zero-order chi connectivity index (χ0) is 25.5. The monoisotopic (exact) mass is 504 g/mol. The minimum absolute atomic E-state index is 0.0270. The molecule has 2 aliphatic heterocycles. The number of imide groups is 1. The summed E-state index contributed by atoms with van der Waals surface area (Å²) < 4.78 is 10.5. The van der Waals surface area contributed by atoms with Gasteiger partial charge < -0.3 is 25.0 Å². The van der Waals surface area contributed by atoms with E-state index in [2.05, 4.69) is 10.6 Å². The average molecular weight is 505 g/mol. The van der Waals surface area contributed by atoms with Gasteiger partial charge in [-0.05, 0) is 42.9 Å². The number of fused-ring (bicyclic) bond motifs is 1. The van der Waals surface area contributed by atoms with Crippen LogP contribution in [0.5, 0.6) is 11.5 Å². The first-order chi connectivity index (χ1) is 16.8. The number of urea groups is 1. The van der Waals surface area contributed by atoms with Gasteiger partial charge in [-0.1, -0.05) is 19.1 Å². The Kier molecular flexibility index (Phi) is 9.02. The molecule has 0 bridgehead atoms. The van der Waals surface area contributed by atoms with Gasteiger partial charge in [0.05, 0.1) is 20.3 Å². The molecule has 0 radical (unpaired) electrons. The van der Waals surface area contributed by atoms with Gasteiger partial charge in [-0.3, -0.25) is 19.3 Å². The van der Waals surface area contributed by atoms with Crippen LogP contribution in [0.25, 0.3) is 0 Å². The molecule has 2 N–H and O–H groups in total. The SMILES string of the molecule is CCC(C)NC(=O)CN1C(=O)N(CC(=O)NCCc2ccc(OC)c(OC)c2)C(=O)C2SC=CC21. The number of amides is 5. The van der Waals surface area contributed by atoms with Gasteiger partial charge in [-0.2, -0.15) is 0 Å². The molecular formula is C24H32N4O6S. The lowest BCUT2D eigenvalue weighted by Gasteiger charge is -2.40. The molecule has 3 rings (SSSR count). The van der Waals surface area contributed by atoms with E-state index >= 15 is 0 Å². The Morgan fingerprint density at radius 2 is 1.86 bits per heavy atom. The second kappa shape index (κ2) is 12.0. The largest absolute Gasteiger partial charge is 0.493 e. The number of hydrogen-bond acceptors (Lipinski definition) is 7. The van der Waals surface area contributed by atoms with Crippen molar-refractivity contribution in [3.8, 4) is 11.5 Å². The van der Waals surface area contributed by atoms with Crippen LogP contribution in [0, 0.1) is 0 Å². The molecule has 0 saturated carbocycles. The van der Waals surface area contributed by atoms with Crippen LogP contribution in [0.2, 0.25) is 0 Å². The molecule has 10 nitrogen and oxygen atoms in total. The van der Waals surface area contributed by atoms with E-state index in [9.17, 15) is 19.2 Å². The molecular weight excluding hydrogens is 472 g/mol. The standard InChI is InChI=1S/C24H32N4O6S/c1-5-15(2)26-21(30)14-27-17-9-11-35-22(17)23(31)28(24(27)32)13-20(29)25-10-8-16-6-7-18(33-3)19(12-16)34-4/h6-7,9,11-12,15,17,22H,5,8,10,13-14H2,1-4H3,(H,25,29)(H,26,30). The average Bonchev–Trinajstić information content (AvgIpc) is 3.34. The molecule has 35 heavy (non-hydrogen) atoms. The van der Waals surface area contributed by atoms with E-state index in [0.29, 0.717) is 24.5 Å². The van der Waals surface area contributed by atoms with Gasteiger partial charge in [0.2, 0.25) is 17.7 Å². The maximum absolute atomic E-state index is 13.1. The summed E-state index contributed by atoms with van der Waals surface area (Å²) in [5.41, 5.74) is 0.933. The Labute approximate surface area is 209 Å².